The lowest BCUT2D eigenvalue weighted by molar-refractivity contribution is 0.590. The highest BCUT2D eigenvalue weighted by Crippen LogP contribution is 2.23. The topological polar surface area (TPSA) is 34.9 Å². The summed E-state index contributed by atoms with van der Waals surface area (Å²) in [5.41, 5.74) is 3.22. The minimum absolute atomic E-state index is 0.0682. The summed E-state index contributed by atoms with van der Waals surface area (Å²) in [6.45, 7) is 8.62. The number of aryl methyl sites for hydroxylation is 1. The van der Waals surface area contributed by atoms with Gasteiger partial charge in [0, 0.05) is 5.39 Å². The number of nitrogens with zero attached hydrogens (tertiary/aromatic N) is 2. The summed E-state index contributed by atoms with van der Waals surface area (Å²) < 4.78 is 1.48. The van der Waals surface area contributed by atoms with Gasteiger partial charge >= 0.3 is 0 Å². The zero-order valence-electron chi connectivity index (χ0n) is 14.1. The fraction of sp³-hybridized carbons (Fsp3) is 0.300. The van der Waals surface area contributed by atoms with E-state index in [1.54, 1.807) is 6.20 Å². The van der Waals surface area contributed by atoms with Crippen LogP contribution in [0.1, 0.15) is 38.8 Å². The summed E-state index contributed by atoms with van der Waals surface area (Å²) in [7, 11) is 0. The molecule has 0 radical (unpaired) electrons. The molecular weight excluding hydrogens is 284 g/mol. The summed E-state index contributed by atoms with van der Waals surface area (Å²) in [5, 5.41) is 5.93. The van der Waals surface area contributed by atoms with Crippen LogP contribution in [0.4, 0.5) is 0 Å². The van der Waals surface area contributed by atoms with Crippen LogP contribution >= 0.6 is 0 Å². The van der Waals surface area contributed by atoms with E-state index in [0.29, 0.717) is 0 Å². The van der Waals surface area contributed by atoms with Crippen molar-refractivity contribution < 1.29 is 0 Å². The second-order valence-electron chi connectivity index (χ2n) is 6.93. The van der Waals surface area contributed by atoms with Crippen molar-refractivity contribution >= 4 is 10.8 Å². The molecule has 2 aromatic carbocycles. The van der Waals surface area contributed by atoms with Crippen LogP contribution in [-0.2, 0) is 11.8 Å². The summed E-state index contributed by atoms with van der Waals surface area (Å²) in [6.07, 6.45) is 2.67. The van der Waals surface area contributed by atoms with E-state index in [9.17, 15) is 4.79 Å². The van der Waals surface area contributed by atoms with Gasteiger partial charge in [-0.05, 0) is 41.2 Å². The standard InChI is InChI=1S/C20H22N2O/c1-5-14-6-7-15-13-21-22(19(23)18(15)12-14)17-10-8-16(9-11-17)20(2,3)4/h6-13H,5H2,1-4H3. The maximum absolute atomic E-state index is 12.8. The fourth-order valence-corrected chi connectivity index (χ4v) is 2.69. The van der Waals surface area contributed by atoms with Crippen LogP contribution in [0.25, 0.3) is 16.5 Å². The van der Waals surface area contributed by atoms with Gasteiger partial charge in [-0.15, -0.1) is 0 Å². The Morgan fingerprint density at radius 2 is 1.74 bits per heavy atom. The molecule has 23 heavy (non-hydrogen) atoms. The first kappa shape index (κ1) is 15.5. The molecular formula is C20H22N2O. The van der Waals surface area contributed by atoms with Crippen molar-refractivity contribution in [2.24, 2.45) is 0 Å². The Labute approximate surface area is 136 Å². The van der Waals surface area contributed by atoms with Gasteiger partial charge in [0.15, 0.2) is 0 Å². The molecule has 0 spiro atoms. The lowest BCUT2D eigenvalue weighted by Crippen LogP contribution is -2.21. The van der Waals surface area contributed by atoms with E-state index in [0.717, 1.165) is 28.4 Å². The average molecular weight is 306 g/mol. The molecule has 3 nitrogen and oxygen atoms in total. The fourth-order valence-electron chi connectivity index (χ4n) is 2.69. The summed E-state index contributed by atoms with van der Waals surface area (Å²) >= 11 is 0. The molecule has 0 aliphatic heterocycles. The molecule has 0 atom stereocenters. The zero-order valence-corrected chi connectivity index (χ0v) is 14.1. The molecule has 0 bridgehead atoms. The largest absolute Gasteiger partial charge is 0.279 e. The third-order valence-electron chi connectivity index (χ3n) is 4.24. The number of hydrogen-bond donors (Lipinski definition) is 0. The van der Waals surface area contributed by atoms with E-state index in [1.807, 2.05) is 30.3 Å². The van der Waals surface area contributed by atoms with Crippen LogP contribution in [0.5, 0.6) is 0 Å². The van der Waals surface area contributed by atoms with Gasteiger partial charge in [-0.2, -0.15) is 9.78 Å². The number of rotatable bonds is 2. The van der Waals surface area contributed by atoms with Crippen molar-refractivity contribution in [3.63, 3.8) is 0 Å². The Morgan fingerprint density at radius 3 is 2.35 bits per heavy atom. The lowest BCUT2D eigenvalue weighted by atomic mass is 9.87. The van der Waals surface area contributed by atoms with Crippen LogP contribution in [0, 0.1) is 0 Å². The highest BCUT2D eigenvalue weighted by atomic mass is 16.1. The third kappa shape index (κ3) is 2.91. The van der Waals surface area contributed by atoms with Crippen molar-refractivity contribution in [2.45, 2.75) is 39.5 Å². The van der Waals surface area contributed by atoms with Crippen molar-refractivity contribution in [1.82, 2.24) is 9.78 Å². The first-order chi connectivity index (χ1) is 10.9. The summed E-state index contributed by atoms with van der Waals surface area (Å²) in [5.74, 6) is 0. The molecule has 0 saturated heterocycles. The number of fused-ring (bicyclic) bond motifs is 1. The Hall–Kier alpha value is -2.42. The molecule has 118 valence electrons. The molecule has 0 aliphatic rings. The zero-order chi connectivity index (χ0) is 16.6. The molecule has 0 amide bonds. The Kier molecular flexibility index (Phi) is 3.80. The van der Waals surface area contributed by atoms with Gasteiger partial charge < -0.3 is 0 Å². The first-order valence-corrected chi connectivity index (χ1v) is 8.02. The lowest BCUT2D eigenvalue weighted by Gasteiger charge is -2.19. The second-order valence-corrected chi connectivity index (χ2v) is 6.93. The Balaban J connectivity index is 2.13. The monoisotopic (exact) mass is 306 g/mol. The maximum atomic E-state index is 12.8. The van der Waals surface area contributed by atoms with Crippen molar-refractivity contribution in [3.05, 3.63) is 70.1 Å². The van der Waals surface area contributed by atoms with Gasteiger partial charge in [0.25, 0.3) is 5.56 Å². The van der Waals surface area contributed by atoms with E-state index in [1.165, 1.54) is 10.2 Å². The van der Waals surface area contributed by atoms with Crippen molar-refractivity contribution in [2.75, 3.05) is 0 Å². The summed E-state index contributed by atoms with van der Waals surface area (Å²) in [6, 6.07) is 14.0. The molecule has 0 aliphatic carbocycles. The molecule has 0 unspecified atom stereocenters. The van der Waals surface area contributed by atoms with Crippen LogP contribution in [0.3, 0.4) is 0 Å². The van der Waals surface area contributed by atoms with Gasteiger partial charge in [-0.3, -0.25) is 4.79 Å². The van der Waals surface area contributed by atoms with Gasteiger partial charge in [0.2, 0.25) is 0 Å². The van der Waals surface area contributed by atoms with Crippen LogP contribution < -0.4 is 5.56 Å². The van der Waals surface area contributed by atoms with E-state index in [2.05, 4.69) is 44.9 Å². The van der Waals surface area contributed by atoms with Crippen LogP contribution in [0.2, 0.25) is 0 Å². The quantitative estimate of drug-likeness (QED) is 0.709. The normalized spacial score (nSPS) is 11.8. The van der Waals surface area contributed by atoms with Gasteiger partial charge in [-0.1, -0.05) is 52.0 Å². The number of aromatic nitrogens is 2. The molecule has 0 saturated carbocycles. The predicted octanol–water partition coefficient (Wildman–Crippen LogP) is 4.25. The van der Waals surface area contributed by atoms with Crippen LogP contribution in [0.15, 0.2) is 53.5 Å². The minimum atomic E-state index is -0.0682. The van der Waals surface area contributed by atoms with Crippen LogP contribution in [-0.4, -0.2) is 9.78 Å². The van der Waals surface area contributed by atoms with Gasteiger partial charge in [-0.25, -0.2) is 0 Å². The van der Waals surface area contributed by atoms with Gasteiger partial charge in [0.1, 0.15) is 0 Å². The molecule has 3 heteroatoms. The highest BCUT2D eigenvalue weighted by molar-refractivity contribution is 5.81. The number of hydrogen-bond acceptors (Lipinski definition) is 2. The molecule has 1 aromatic heterocycles. The molecule has 0 N–H and O–H groups in total. The SMILES string of the molecule is CCc1ccc2cnn(-c3ccc(C(C)(C)C)cc3)c(=O)c2c1. The molecule has 1 heterocycles. The second kappa shape index (κ2) is 5.65. The predicted molar refractivity (Wildman–Crippen MR) is 95.4 cm³/mol. The average Bonchev–Trinajstić information content (AvgIpc) is 2.54. The smallest absolute Gasteiger partial charge is 0.267 e. The number of benzene rings is 2. The van der Waals surface area contributed by atoms with Gasteiger partial charge in [0.05, 0.1) is 17.3 Å². The Morgan fingerprint density at radius 1 is 1.04 bits per heavy atom. The van der Waals surface area contributed by atoms with Crippen molar-refractivity contribution in [1.29, 1.82) is 0 Å². The summed E-state index contributed by atoms with van der Waals surface area (Å²) in [4.78, 5) is 12.8. The molecule has 3 aromatic rings. The third-order valence-corrected chi connectivity index (χ3v) is 4.24. The maximum Gasteiger partial charge on any atom is 0.279 e. The molecule has 0 fully saturated rings. The van der Waals surface area contributed by atoms with E-state index in [4.69, 9.17) is 0 Å². The minimum Gasteiger partial charge on any atom is -0.267 e. The van der Waals surface area contributed by atoms with E-state index < -0.39 is 0 Å². The van der Waals surface area contributed by atoms with E-state index in [-0.39, 0.29) is 11.0 Å². The highest BCUT2D eigenvalue weighted by Gasteiger charge is 2.14. The molecule has 3 rings (SSSR count). The first-order valence-electron chi connectivity index (χ1n) is 8.02. The van der Waals surface area contributed by atoms with E-state index >= 15 is 0 Å². The Bertz CT molecular complexity index is 900. The van der Waals surface area contributed by atoms with Crippen molar-refractivity contribution in [3.8, 4) is 5.69 Å².